The molecular formula is C28H27N3O4S3. The van der Waals surface area contributed by atoms with E-state index < -0.39 is 21.2 Å². The first-order valence-electron chi connectivity index (χ1n) is 12.1. The van der Waals surface area contributed by atoms with Gasteiger partial charge in [-0.05, 0) is 65.4 Å². The van der Waals surface area contributed by atoms with Gasteiger partial charge in [-0.25, -0.2) is 8.42 Å². The van der Waals surface area contributed by atoms with Crippen molar-refractivity contribution in [2.75, 3.05) is 24.7 Å². The van der Waals surface area contributed by atoms with Gasteiger partial charge in [0, 0.05) is 30.1 Å². The summed E-state index contributed by atoms with van der Waals surface area (Å²) in [6, 6.07) is 24.2. The second kappa shape index (κ2) is 11.4. The molecule has 3 aromatic carbocycles. The molecule has 2 aliphatic heterocycles. The number of hydrogen-bond acceptors (Lipinski definition) is 7. The molecule has 2 saturated heterocycles. The topological polar surface area (TPSA) is 95.6 Å². The smallest absolute Gasteiger partial charge is 0.290 e. The number of para-hydroxylation sites is 1. The van der Waals surface area contributed by atoms with Gasteiger partial charge in [-0.1, -0.05) is 60.7 Å². The first kappa shape index (κ1) is 26.6. The van der Waals surface area contributed by atoms with Crippen LogP contribution in [0.1, 0.15) is 12.0 Å². The molecule has 0 aliphatic carbocycles. The number of anilines is 1. The third-order valence-corrected chi connectivity index (χ3v) is 10.4. The second-order valence-electron chi connectivity index (χ2n) is 9.03. The lowest BCUT2D eigenvalue weighted by atomic mass is 10.1. The molecule has 0 aromatic heterocycles. The minimum absolute atomic E-state index is 0.196. The van der Waals surface area contributed by atoms with Crippen LogP contribution in [0.5, 0.6) is 0 Å². The molecule has 0 unspecified atom stereocenters. The number of sulfonamides is 1. The third-order valence-electron chi connectivity index (χ3n) is 6.64. The minimum atomic E-state index is -3.70. The van der Waals surface area contributed by atoms with Crippen LogP contribution in [0.4, 0.5) is 10.5 Å². The average Bonchev–Trinajstić information content (AvgIpc) is 3.51. The average molecular weight is 566 g/mol. The molecule has 38 heavy (non-hydrogen) atoms. The largest absolute Gasteiger partial charge is 0.383 e. The van der Waals surface area contributed by atoms with E-state index in [1.165, 1.54) is 0 Å². The van der Waals surface area contributed by atoms with Gasteiger partial charge in [-0.3, -0.25) is 14.9 Å². The fraction of sp³-hybridized carbons (Fsp3) is 0.214. The summed E-state index contributed by atoms with van der Waals surface area (Å²) in [5.74, 6) is -0.413. The first-order valence-corrected chi connectivity index (χ1v) is 15.7. The molecule has 3 aromatic rings. The maximum absolute atomic E-state index is 13.7. The number of carbonyl (C=O) groups excluding carboxylic acids is 2. The van der Waals surface area contributed by atoms with Gasteiger partial charge in [-0.2, -0.15) is 16.1 Å². The van der Waals surface area contributed by atoms with E-state index in [9.17, 15) is 18.0 Å². The Morgan fingerprint density at radius 1 is 1.00 bits per heavy atom. The van der Waals surface area contributed by atoms with Crippen molar-refractivity contribution in [3.63, 3.8) is 0 Å². The molecule has 0 spiro atoms. The van der Waals surface area contributed by atoms with Gasteiger partial charge in [0.05, 0.1) is 9.80 Å². The summed E-state index contributed by atoms with van der Waals surface area (Å²) in [6.45, 7) is 0.859. The van der Waals surface area contributed by atoms with Crippen LogP contribution in [0.15, 0.2) is 88.7 Å². The molecule has 7 nitrogen and oxygen atoms in total. The molecule has 0 bridgehead atoms. The lowest BCUT2D eigenvalue weighted by Crippen LogP contribution is -2.39. The Bertz CT molecular complexity index is 1470. The summed E-state index contributed by atoms with van der Waals surface area (Å²) in [5, 5.41) is 5.47. The lowest BCUT2D eigenvalue weighted by molar-refractivity contribution is -0.115. The van der Waals surface area contributed by atoms with Crippen molar-refractivity contribution in [2.24, 2.45) is 0 Å². The normalized spacial score (nSPS) is 21.1. The van der Waals surface area contributed by atoms with Crippen LogP contribution in [-0.4, -0.2) is 54.5 Å². The highest BCUT2D eigenvalue weighted by molar-refractivity contribution is 8.18. The second-order valence-corrected chi connectivity index (χ2v) is 13.1. The van der Waals surface area contributed by atoms with Crippen LogP contribution in [0.3, 0.4) is 0 Å². The van der Waals surface area contributed by atoms with Gasteiger partial charge in [0.2, 0.25) is 10.0 Å². The molecule has 0 saturated carbocycles. The van der Waals surface area contributed by atoms with Crippen LogP contribution in [0.25, 0.3) is 17.2 Å². The predicted octanol–water partition coefficient (Wildman–Crippen LogP) is 5.28. The van der Waals surface area contributed by atoms with Crippen LogP contribution in [0.2, 0.25) is 0 Å². The number of rotatable bonds is 8. The minimum Gasteiger partial charge on any atom is -0.383 e. The van der Waals surface area contributed by atoms with Crippen molar-refractivity contribution >= 4 is 56.5 Å². The van der Waals surface area contributed by atoms with Crippen molar-refractivity contribution < 1.29 is 18.0 Å². The zero-order valence-corrected chi connectivity index (χ0v) is 23.1. The number of thioether (sulfide) groups is 2. The summed E-state index contributed by atoms with van der Waals surface area (Å²) in [4.78, 5) is 24.2. The van der Waals surface area contributed by atoms with Gasteiger partial charge < -0.3 is 5.32 Å². The number of nitrogens with zero attached hydrogens (tertiary/aromatic N) is 1. The number of amides is 2. The van der Waals surface area contributed by atoms with Crippen molar-refractivity contribution in [2.45, 2.75) is 22.6 Å². The Hall–Kier alpha value is -3.05. The van der Waals surface area contributed by atoms with E-state index in [-0.39, 0.29) is 16.2 Å². The Morgan fingerprint density at radius 2 is 1.68 bits per heavy atom. The lowest BCUT2D eigenvalue weighted by Gasteiger charge is -2.25. The molecular weight excluding hydrogens is 539 g/mol. The summed E-state index contributed by atoms with van der Waals surface area (Å²) < 4.78 is 29.1. The van der Waals surface area contributed by atoms with E-state index in [1.807, 2.05) is 73.0 Å². The standard InChI is InChI=1S/C28H27N3O4S3/c1-36-23-16-22(17-29-25-10-6-5-9-21(25)15-26-27(32)30-28(33)37-26)31(18-23)38(34,35)24-13-11-20(12-14-24)19-7-3-2-4-8-19/h2-15,22-23,29H,16-18H2,1H3,(H,30,32,33)/t22-,23-/m0/s1. The van der Waals surface area contributed by atoms with Crippen molar-refractivity contribution in [1.82, 2.24) is 9.62 Å². The predicted molar refractivity (Wildman–Crippen MR) is 156 cm³/mol. The van der Waals surface area contributed by atoms with Crippen LogP contribution >= 0.6 is 23.5 Å². The monoisotopic (exact) mass is 565 g/mol. The summed E-state index contributed by atoms with van der Waals surface area (Å²) in [6.07, 6.45) is 4.41. The molecule has 2 fully saturated rings. The number of hydrogen-bond donors (Lipinski definition) is 2. The van der Waals surface area contributed by atoms with E-state index in [0.29, 0.717) is 18.0 Å². The molecule has 0 radical (unpaired) electrons. The van der Waals surface area contributed by atoms with E-state index in [1.54, 1.807) is 34.3 Å². The van der Waals surface area contributed by atoms with Crippen LogP contribution in [0, 0.1) is 0 Å². The quantitative estimate of drug-likeness (QED) is 0.359. The Morgan fingerprint density at radius 3 is 2.37 bits per heavy atom. The van der Waals surface area contributed by atoms with Gasteiger partial charge in [-0.15, -0.1) is 0 Å². The highest BCUT2D eigenvalue weighted by Gasteiger charge is 2.40. The molecule has 196 valence electrons. The molecule has 10 heteroatoms. The first-order chi connectivity index (χ1) is 18.3. The molecule has 2 atom stereocenters. The Labute approximate surface area is 231 Å². The van der Waals surface area contributed by atoms with Crippen molar-refractivity contribution in [1.29, 1.82) is 0 Å². The SMILES string of the molecule is CS[C@H]1C[C@@H](CNc2ccccc2C=C2SC(=O)NC2=O)N(S(=O)(=O)c2ccc(-c3ccccc3)cc2)C1. The fourth-order valence-electron chi connectivity index (χ4n) is 4.65. The van der Waals surface area contributed by atoms with Gasteiger partial charge in [0.15, 0.2) is 0 Å². The summed E-state index contributed by atoms with van der Waals surface area (Å²) >= 11 is 2.54. The van der Waals surface area contributed by atoms with E-state index in [2.05, 4.69) is 10.6 Å². The molecule has 2 amide bonds. The molecule has 5 rings (SSSR count). The van der Waals surface area contributed by atoms with E-state index in [0.717, 1.165) is 40.6 Å². The van der Waals surface area contributed by atoms with E-state index >= 15 is 0 Å². The number of imide groups is 1. The van der Waals surface area contributed by atoms with Crippen molar-refractivity contribution in [3.05, 3.63) is 89.3 Å². The van der Waals surface area contributed by atoms with E-state index in [4.69, 9.17) is 0 Å². The molecule has 2 aliphatic rings. The zero-order chi connectivity index (χ0) is 26.7. The van der Waals surface area contributed by atoms with Crippen molar-refractivity contribution in [3.8, 4) is 11.1 Å². The Balaban J connectivity index is 1.35. The zero-order valence-electron chi connectivity index (χ0n) is 20.7. The third kappa shape index (κ3) is 5.68. The summed E-state index contributed by atoms with van der Waals surface area (Å²) in [5.41, 5.74) is 3.52. The van der Waals surface area contributed by atoms with Gasteiger partial charge >= 0.3 is 0 Å². The maximum atomic E-state index is 13.7. The number of carbonyl (C=O) groups is 2. The van der Waals surface area contributed by atoms with Crippen LogP contribution < -0.4 is 10.6 Å². The highest BCUT2D eigenvalue weighted by atomic mass is 32.2. The molecule has 2 N–H and O–H groups in total. The maximum Gasteiger partial charge on any atom is 0.290 e. The highest BCUT2D eigenvalue weighted by Crippen LogP contribution is 2.33. The summed E-state index contributed by atoms with van der Waals surface area (Å²) in [7, 11) is -3.70. The van der Waals surface area contributed by atoms with Crippen LogP contribution in [-0.2, 0) is 14.8 Å². The number of benzene rings is 3. The number of nitrogens with one attached hydrogen (secondary N) is 2. The molecule has 2 heterocycles. The fourth-order valence-corrected chi connectivity index (χ4v) is 7.83. The van der Waals surface area contributed by atoms with Gasteiger partial charge in [0.25, 0.3) is 11.1 Å². The van der Waals surface area contributed by atoms with Gasteiger partial charge in [0.1, 0.15) is 0 Å². The Kier molecular flexibility index (Phi) is 7.94.